The zero-order valence-corrected chi connectivity index (χ0v) is 14.8. The number of carbonyl (C=O) groups is 2. The van der Waals surface area contributed by atoms with Crippen LogP contribution in [-0.4, -0.2) is 42.4 Å². The van der Waals surface area contributed by atoms with E-state index in [1.165, 1.54) is 0 Å². The Kier molecular flexibility index (Phi) is 7.05. The molecule has 1 atom stereocenters. The summed E-state index contributed by atoms with van der Waals surface area (Å²) in [6, 6.07) is 3.87. The van der Waals surface area contributed by atoms with E-state index in [1.807, 2.05) is 24.4 Å². The third-order valence-corrected chi connectivity index (χ3v) is 5.27. The number of hydrogen-bond acceptors (Lipinski definition) is 4. The predicted molar refractivity (Wildman–Crippen MR) is 93.2 cm³/mol. The Morgan fingerprint density at radius 2 is 2.09 bits per heavy atom. The second-order valence-corrected chi connectivity index (χ2v) is 7.11. The van der Waals surface area contributed by atoms with Gasteiger partial charge in [0.2, 0.25) is 11.8 Å². The summed E-state index contributed by atoms with van der Waals surface area (Å²) in [6.07, 6.45) is 2.63. The number of piperidine rings is 1. The van der Waals surface area contributed by atoms with Gasteiger partial charge in [-0.3, -0.25) is 14.5 Å². The van der Waals surface area contributed by atoms with E-state index in [1.54, 1.807) is 11.3 Å². The molecule has 0 bridgehead atoms. The summed E-state index contributed by atoms with van der Waals surface area (Å²) >= 11 is 1.65. The van der Waals surface area contributed by atoms with Crippen molar-refractivity contribution < 1.29 is 9.59 Å². The average Bonchev–Trinajstić information content (AvgIpc) is 3.10. The second kappa shape index (κ2) is 9.03. The van der Waals surface area contributed by atoms with Gasteiger partial charge in [-0.25, -0.2) is 0 Å². The fourth-order valence-electron chi connectivity index (χ4n) is 2.84. The van der Waals surface area contributed by atoms with Crippen LogP contribution in [0.1, 0.15) is 38.0 Å². The highest BCUT2D eigenvalue weighted by Gasteiger charge is 2.29. The summed E-state index contributed by atoms with van der Waals surface area (Å²) in [4.78, 5) is 27.6. The lowest BCUT2D eigenvalue weighted by molar-refractivity contribution is -0.128. The molecule has 2 heterocycles. The van der Waals surface area contributed by atoms with E-state index in [2.05, 4.69) is 22.5 Å². The molecule has 6 heteroatoms. The lowest BCUT2D eigenvalue weighted by atomic mass is 9.95. The number of carbonyl (C=O) groups excluding carboxylic acids is 2. The van der Waals surface area contributed by atoms with Crippen LogP contribution in [0.3, 0.4) is 0 Å². The van der Waals surface area contributed by atoms with E-state index in [0.717, 1.165) is 43.8 Å². The zero-order chi connectivity index (χ0) is 16.7. The van der Waals surface area contributed by atoms with Crippen LogP contribution in [0.4, 0.5) is 0 Å². The minimum Gasteiger partial charge on any atom is -0.356 e. The lowest BCUT2D eigenvalue weighted by Gasteiger charge is -2.34. The van der Waals surface area contributed by atoms with Crippen molar-refractivity contribution in [2.24, 2.45) is 5.92 Å². The molecule has 2 rings (SSSR count). The Bertz CT molecular complexity index is 496. The molecule has 1 aliphatic rings. The quantitative estimate of drug-likeness (QED) is 0.800. The fourth-order valence-corrected chi connectivity index (χ4v) is 3.49. The molecular weight excluding hydrogens is 310 g/mol. The van der Waals surface area contributed by atoms with E-state index >= 15 is 0 Å². The van der Waals surface area contributed by atoms with Gasteiger partial charge in [-0.05, 0) is 50.7 Å². The molecule has 0 radical (unpaired) electrons. The maximum absolute atomic E-state index is 12.3. The maximum atomic E-state index is 12.3. The molecule has 0 spiro atoms. The van der Waals surface area contributed by atoms with Crippen LogP contribution in [0.15, 0.2) is 17.5 Å². The summed E-state index contributed by atoms with van der Waals surface area (Å²) in [7, 11) is 0. The summed E-state index contributed by atoms with van der Waals surface area (Å²) < 4.78 is 0. The molecule has 0 aromatic carbocycles. The molecule has 23 heavy (non-hydrogen) atoms. The van der Waals surface area contributed by atoms with Gasteiger partial charge in [-0.1, -0.05) is 13.0 Å². The van der Waals surface area contributed by atoms with Crippen LogP contribution >= 0.6 is 11.3 Å². The number of amides is 2. The van der Waals surface area contributed by atoms with Gasteiger partial charge in [-0.2, -0.15) is 0 Å². The van der Waals surface area contributed by atoms with Crippen molar-refractivity contribution >= 4 is 23.2 Å². The van der Waals surface area contributed by atoms with Crippen molar-refractivity contribution in [2.75, 3.05) is 19.6 Å². The van der Waals surface area contributed by atoms with Gasteiger partial charge in [-0.15, -0.1) is 11.3 Å². The first kappa shape index (κ1) is 17.9. The second-order valence-electron chi connectivity index (χ2n) is 6.07. The standard InChI is InChI=1S/C17H27N3O2S/c1-3-8-18-17(22)14-6-9-20(10-7-14)13(2)16(21)19-12-15-5-4-11-23-15/h4-5,11,13-14H,3,6-10,12H2,1-2H3,(H,18,22)(H,19,21). The first-order valence-corrected chi connectivity index (χ1v) is 9.31. The van der Waals surface area contributed by atoms with Crippen LogP contribution in [-0.2, 0) is 16.1 Å². The number of likely N-dealkylation sites (tertiary alicyclic amines) is 1. The smallest absolute Gasteiger partial charge is 0.237 e. The van der Waals surface area contributed by atoms with Crippen LogP contribution in [0, 0.1) is 5.92 Å². The van der Waals surface area contributed by atoms with E-state index in [-0.39, 0.29) is 23.8 Å². The summed E-state index contributed by atoms with van der Waals surface area (Å²) in [5.74, 6) is 0.327. The Morgan fingerprint density at radius 1 is 1.35 bits per heavy atom. The van der Waals surface area contributed by atoms with Gasteiger partial charge in [0.1, 0.15) is 0 Å². The maximum Gasteiger partial charge on any atom is 0.237 e. The van der Waals surface area contributed by atoms with Crippen molar-refractivity contribution in [1.29, 1.82) is 0 Å². The van der Waals surface area contributed by atoms with Crippen molar-refractivity contribution in [3.63, 3.8) is 0 Å². The Balaban J connectivity index is 1.73. The van der Waals surface area contributed by atoms with Gasteiger partial charge in [0.25, 0.3) is 0 Å². The molecule has 1 aliphatic heterocycles. The molecule has 128 valence electrons. The SMILES string of the molecule is CCCNC(=O)C1CCN(C(C)C(=O)NCc2cccs2)CC1. The fraction of sp³-hybridized carbons (Fsp3) is 0.647. The van der Waals surface area contributed by atoms with Gasteiger partial charge in [0, 0.05) is 17.3 Å². The average molecular weight is 337 g/mol. The van der Waals surface area contributed by atoms with Gasteiger partial charge in [0.05, 0.1) is 12.6 Å². The predicted octanol–water partition coefficient (Wildman–Crippen LogP) is 1.99. The van der Waals surface area contributed by atoms with Gasteiger partial charge < -0.3 is 10.6 Å². The molecule has 1 unspecified atom stereocenters. The molecule has 0 aliphatic carbocycles. The van der Waals surface area contributed by atoms with Crippen LogP contribution in [0.5, 0.6) is 0 Å². The van der Waals surface area contributed by atoms with E-state index in [9.17, 15) is 9.59 Å². The zero-order valence-electron chi connectivity index (χ0n) is 14.0. The third kappa shape index (κ3) is 5.32. The first-order valence-electron chi connectivity index (χ1n) is 8.43. The first-order chi connectivity index (χ1) is 11.1. The topological polar surface area (TPSA) is 61.4 Å². The van der Waals surface area contributed by atoms with Crippen LogP contribution in [0.25, 0.3) is 0 Å². The molecule has 2 amide bonds. The van der Waals surface area contributed by atoms with Crippen LogP contribution in [0.2, 0.25) is 0 Å². The van der Waals surface area contributed by atoms with Crippen molar-refractivity contribution in [1.82, 2.24) is 15.5 Å². The molecule has 1 saturated heterocycles. The number of rotatable bonds is 7. The van der Waals surface area contributed by atoms with E-state index in [4.69, 9.17) is 0 Å². The van der Waals surface area contributed by atoms with Gasteiger partial charge >= 0.3 is 0 Å². The van der Waals surface area contributed by atoms with Crippen molar-refractivity contribution in [3.8, 4) is 0 Å². The molecular formula is C17H27N3O2S. The number of nitrogens with one attached hydrogen (secondary N) is 2. The third-order valence-electron chi connectivity index (χ3n) is 4.39. The molecule has 1 aromatic heterocycles. The monoisotopic (exact) mass is 337 g/mol. The Morgan fingerprint density at radius 3 is 2.70 bits per heavy atom. The van der Waals surface area contributed by atoms with E-state index < -0.39 is 0 Å². The molecule has 5 nitrogen and oxygen atoms in total. The lowest BCUT2D eigenvalue weighted by Crippen LogP contribution is -2.49. The highest BCUT2D eigenvalue weighted by molar-refractivity contribution is 7.09. The van der Waals surface area contributed by atoms with Crippen molar-refractivity contribution in [3.05, 3.63) is 22.4 Å². The minimum atomic E-state index is -0.144. The van der Waals surface area contributed by atoms with Crippen molar-refractivity contribution in [2.45, 2.75) is 45.7 Å². The highest BCUT2D eigenvalue weighted by Crippen LogP contribution is 2.19. The summed E-state index contributed by atoms with van der Waals surface area (Å²) in [5.41, 5.74) is 0. The largest absolute Gasteiger partial charge is 0.356 e. The molecule has 0 saturated carbocycles. The van der Waals surface area contributed by atoms with E-state index in [0.29, 0.717) is 6.54 Å². The minimum absolute atomic E-state index is 0.0623. The highest BCUT2D eigenvalue weighted by atomic mass is 32.1. The van der Waals surface area contributed by atoms with Crippen LogP contribution < -0.4 is 10.6 Å². The Hall–Kier alpha value is -1.40. The Labute approximate surface area is 142 Å². The summed E-state index contributed by atoms with van der Waals surface area (Å²) in [6.45, 7) is 6.95. The molecule has 1 fully saturated rings. The van der Waals surface area contributed by atoms with Gasteiger partial charge in [0.15, 0.2) is 0 Å². The normalized spacial score (nSPS) is 17.7. The number of thiophene rings is 1. The molecule has 1 aromatic rings. The number of nitrogens with zero attached hydrogens (tertiary/aromatic N) is 1. The summed E-state index contributed by atoms with van der Waals surface area (Å²) in [5, 5.41) is 7.98. The number of hydrogen-bond donors (Lipinski definition) is 2. The molecule has 2 N–H and O–H groups in total.